The first-order chi connectivity index (χ1) is 11.6. The fourth-order valence-corrected chi connectivity index (χ4v) is 3.74. The summed E-state index contributed by atoms with van der Waals surface area (Å²) in [4.78, 5) is 16.0. The Hall–Kier alpha value is -1.87. The van der Waals surface area contributed by atoms with E-state index in [0.29, 0.717) is 11.1 Å². The Bertz CT molecular complexity index is 870. The van der Waals surface area contributed by atoms with Crippen molar-refractivity contribution in [2.24, 2.45) is 4.36 Å². The van der Waals surface area contributed by atoms with Crippen LogP contribution in [0.4, 0.5) is 13.2 Å². The number of hydrogen-bond acceptors (Lipinski definition) is 4. The van der Waals surface area contributed by atoms with Gasteiger partial charge >= 0.3 is 6.18 Å². The number of aromatic nitrogens is 1. The summed E-state index contributed by atoms with van der Waals surface area (Å²) in [6.07, 6.45) is -2.38. The van der Waals surface area contributed by atoms with Gasteiger partial charge < -0.3 is 0 Å². The van der Waals surface area contributed by atoms with E-state index in [4.69, 9.17) is 0 Å². The van der Waals surface area contributed by atoms with Crippen molar-refractivity contribution in [1.82, 2.24) is 4.98 Å². The first kappa shape index (κ1) is 19.5. The molecular weight excluding hydrogens is 373 g/mol. The molecular formula is C16H15F3N2O2S2. The van der Waals surface area contributed by atoms with E-state index in [1.54, 1.807) is 24.3 Å². The highest BCUT2D eigenvalue weighted by molar-refractivity contribution is 8.00. The predicted molar refractivity (Wildman–Crippen MR) is 90.9 cm³/mol. The van der Waals surface area contributed by atoms with Crippen LogP contribution < -0.4 is 0 Å². The molecule has 134 valence electrons. The average Bonchev–Trinajstić information content (AvgIpc) is 2.52. The van der Waals surface area contributed by atoms with Crippen LogP contribution in [0.25, 0.3) is 0 Å². The van der Waals surface area contributed by atoms with Crippen LogP contribution in [-0.2, 0) is 20.7 Å². The Morgan fingerprint density at radius 3 is 2.36 bits per heavy atom. The van der Waals surface area contributed by atoms with Crippen molar-refractivity contribution < 1.29 is 22.2 Å². The highest BCUT2D eigenvalue weighted by Crippen LogP contribution is 2.29. The van der Waals surface area contributed by atoms with Gasteiger partial charge in [-0.15, -0.1) is 0 Å². The SMILES string of the molecule is Cc1ccc(S(C)(=O)=NC(=O)CSc2ccc(C(F)(F)F)cn2)cc1. The Kier molecular flexibility index (Phi) is 5.89. The van der Waals surface area contributed by atoms with E-state index in [1.165, 1.54) is 12.3 Å². The molecule has 1 heterocycles. The van der Waals surface area contributed by atoms with Crippen LogP contribution in [0.2, 0.25) is 0 Å². The van der Waals surface area contributed by atoms with Gasteiger partial charge in [-0.2, -0.15) is 17.5 Å². The van der Waals surface area contributed by atoms with Crippen molar-refractivity contribution in [1.29, 1.82) is 0 Å². The maximum atomic E-state index is 12.5. The van der Waals surface area contributed by atoms with Gasteiger partial charge in [0.25, 0.3) is 5.91 Å². The molecule has 2 aromatic rings. The molecule has 0 aliphatic rings. The Morgan fingerprint density at radius 1 is 1.20 bits per heavy atom. The number of aryl methyl sites for hydroxylation is 1. The standard InChI is InChI=1S/C16H15F3N2O2S2/c1-11-3-6-13(7-4-11)25(2,23)21-14(22)10-24-15-8-5-12(9-20-15)16(17,18)19/h3-9H,10H2,1-2H3. The zero-order chi connectivity index (χ0) is 18.7. The third-order valence-electron chi connectivity index (χ3n) is 3.14. The van der Waals surface area contributed by atoms with Crippen molar-refractivity contribution in [3.63, 3.8) is 0 Å². The topological polar surface area (TPSA) is 59.4 Å². The second-order valence-corrected chi connectivity index (χ2v) is 8.53. The van der Waals surface area contributed by atoms with E-state index in [1.807, 2.05) is 6.92 Å². The third kappa shape index (κ3) is 5.57. The molecule has 1 atom stereocenters. The van der Waals surface area contributed by atoms with Crippen molar-refractivity contribution in [2.45, 2.75) is 23.0 Å². The smallest absolute Gasteiger partial charge is 0.271 e. The van der Waals surface area contributed by atoms with Gasteiger partial charge in [-0.25, -0.2) is 9.19 Å². The van der Waals surface area contributed by atoms with Gasteiger partial charge in [0.1, 0.15) is 0 Å². The first-order valence-corrected chi connectivity index (χ1v) is 9.96. The summed E-state index contributed by atoms with van der Waals surface area (Å²) in [5.41, 5.74) is 0.137. The van der Waals surface area contributed by atoms with Crippen molar-refractivity contribution in [2.75, 3.05) is 12.0 Å². The molecule has 2 rings (SSSR count). The van der Waals surface area contributed by atoms with Gasteiger partial charge in [0.15, 0.2) is 0 Å². The number of amides is 1. The molecule has 0 spiro atoms. The number of nitrogens with zero attached hydrogens (tertiary/aromatic N) is 2. The minimum atomic E-state index is -4.46. The fraction of sp³-hybridized carbons (Fsp3) is 0.250. The highest BCUT2D eigenvalue weighted by atomic mass is 32.2. The van der Waals surface area contributed by atoms with Gasteiger partial charge in [-0.3, -0.25) is 4.79 Å². The predicted octanol–water partition coefficient (Wildman–Crippen LogP) is 4.18. The number of benzene rings is 1. The summed E-state index contributed by atoms with van der Waals surface area (Å²) >= 11 is 0.939. The molecule has 1 aromatic carbocycles. The van der Waals surface area contributed by atoms with E-state index in [-0.39, 0.29) is 10.8 Å². The lowest BCUT2D eigenvalue weighted by Gasteiger charge is -2.06. The lowest BCUT2D eigenvalue weighted by molar-refractivity contribution is -0.137. The van der Waals surface area contributed by atoms with Crippen molar-refractivity contribution in [3.05, 3.63) is 53.7 Å². The molecule has 25 heavy (non-hydrogen) atoms. The number of thioether (sulfide) groups is 1. The molecule has 0 radical (unpaired) electrons. The van der Waals surface area contributed by atoms with E-state index in [0.717, 1.165) is 23.4 Å². The molecule has 0 N–H and O–H groups in total. The first-order valence-electron chi connectivity index (χ1n) is 7.06. The number of pyridine rings is 1. The Morgan fingerprint density at radius 2 is 1.84 bits per heavy atom. The van der Waals surface area contributed by atoms with Crippen LogP contribution in [0.5, 0.6) is 0 Å². The zero-order valence-electron chi connectivity index (χ0n) is 13.4. The molecule has 0 saturated carbocycles. The van der Waals surface area contributed by atoms with Gasteiger partial charge in [0, 0.05) is 17.3 Å². The number of carbonyl (C=O) groups excluding carboxylic acids is 1. The quantitative estimate of drug-likeness (QED) is 0.737. The highest BCUT2D eigenvalue weighted by Gasteiger charge is 2.30. The van der Waals surface area contributed by atoms with Crippen molar-refractivity contribution in [3.8, 4) is 0 Å². The van der Waals surface area contributed by atoms with E-state index in [9.17, 15) is 22.2 Å². The number of halogens is 3. The lowest BCUT2D eigenvalue weighted by Crippen LogP contribution is -2.06. The Labute approximate surface area is 148 Å². The number of alkyl halides is 3. The van der Waals surface area contributed by atoms with Crippen LogP contribution in [0.1, 0.15) is 11.1 Å². The summed E-state index contributed by atoms with van der Waals surface area (Å²) in [6, 6.07) is 8.94. The molecule has 1 unspecified atom stereocenters. The molecule has 0 aliphatic heterocycles. The van der Waals surface area contributed by atoms with Crippen LogP contribution in [0.3, 0.4) is 0 Å². The Balaban J connectivity index is 2.04. The summed E-state index contributed by atoms with van der Waals surface area (Å²) in [7, 11) is -2.86. The van der Waals surface area contributed by atoms with E-state index < -0.39 is 27.4 Å². The largest absolute Gasteiger partial charge is 0.417 e. The molecule has 0 fully saturated rings. The molecule has 1 amide bonds. The number of carbonyl (C=O) groups is 1. The number of hydrogen-bond donors (Lipinski definition) is 0. The fourth-order valence-electron chi connectivity index (χ4n) is 1.83. The molecule has 4 nitrogen and oxygen atoms in total. The second kappa shape index (κ2) is 7.57. The maximum Gasteiger partial charge on any atom is 0.417 e. The van der Waals surface area contributed by atoms with Gasteiger partial charge in [-0.1, -0.05) is 29.5 Å². The summed E-state index contributed by atoms with van der Waals surface area (Å²) < 4.78 is 53.7. The van der Waals surface area contributed by atoms with Gasteiger partial charge in [0.2, 0.25) is 0 Å². The van der Waals surface area contributed by atoms with Crippen molar-refractivity contribution >= 4 is 27.4 Å². The lowest BCUT2D eigenvalue weighted by atomic mass is 10.2. The van der Waals surface area contributed by atoms with Crippen LogP contribution in [-0.4, -0.2) is 27.1 Å². The normalized spacial score (nSPS) is 14.0. The summed E-state index contributed by atoms with van der Waals surface area (Å²) in [5.74, 6) is -0.769. The third-order valence-corrected chi connectivity index (χ3v) is 5.77. The van der Waals surface area contributed by atoms with Crippen LogP contribution >= 0.6 is 11.8 Å². The average molecular weight is 388 g/mol. The molecule has 9 heteroatoms. The molecule has 1 aromatic heterocycles. The molecule has 0 saturated heterocycles. The molecule has 0 aliphatic carbocycles. The summed E-state index contributed by atoms with van der Waals surface area (Å²) in [5, 5.41) is 0.259. The number of rotatable bonds is 4. The van der Waals surface area contributed by atoms with Crippen LogP contribution in [0.15, 0.2) is 56.9 Å². The van der Waals surface area contributed by atoms with Gasteiger partial charge in [0.05, 0.1) is 26.1 Å². The van der Waals surface area contributed by atoms with E-state index >= 15 is 0 Å². The second-order valence-electron chi connectivity index (χ2n) is 5.27. The monoisotopic (exact) mass is 388 g/mol. The minimum Gasteiger partial charge on any atom is -0.271 e. The van der Waals surface area contributed by atoms with Gasteiger partial charge in [-0.05, 0) is 31.2 Å². The maximum absolute atomic E-state index is 12.5. The zero-order valence-corrected chi connectivity index (χ0v) is 15.0. The van der Waals surface area contributed by atoms with Crippen LogP contribution in [0, 0.1) is 6.92 Å². The molecule has 0 bridgehead atoms. The summed E-state index contributed by atoms with van der Waals surface area (Å²) in [6.45, 7) is 1.89. The minimum absolute atomic E-state index is 0.158. The van der Waals surface area contributed by atoms with E-state index in [2.05, 4.69) is 9.35 Å².